The van der Waals surface area contributed by atoms with Crippen LogP contribution in [0, 0.1) is 0 Å². The normalized spacial score (nSPS) is 15.2. The van der Waals surface area contributed by atoms with Crippen LogP contribution >= 0.6 is 0 Å². The maximum absolute atomic E-state index is 13.2. The molecule has 0 bridgehead atoms. The minimum atomic E-state index is -0.552. The molecule has 2 amide bonds. The van der Waals surface area contributed by atoms with Crippen molar-refractivity contribution in [2.45, 2.75) is 31.7 Å². The number of carbonyl (C=O) groups excluding carboxylic acids is 2. The summed E-state index contributed by atoms with van der Waals surface area (Å²) in [6, 6.07) is 19.1. The molecule has 1 aromatic heterocycles. The predicted molar refractivity (Wildman–Crippen MR) is 119 cm³/mol. The molecule has 162 valence electrons. The van der Waals surface area contributed by atoms with E-state index in [2.05, 4.69) is 15.6 Å². The highest BCUT2D eigenvalue weighted by molar-refractivity contribution is 6.01. The van der Waals surface area contributed by atoms with E-state index in [4.69, 9.17) is 9.47 Å². The smallest absolute Gasteiger partial charge is 0.236 e. The van der Waals surface area contributed by atoms with E-state index in [1.807, 2.05) is 54.6 Å². The number of benzene rings is 2. The first-order chi connectivity index (χ1) is 15.5. The van der Waals surface area contributed by atoms with Crippen LogP contribution in [0.25, 0.3) is 11.3 Å². The number of amides is 2. The Morgan fingerprint density at radius 1 is 1.00 bits per heavy atom. The molecule has 7 heteroatoms. The number of aromatic nitrogens is 1. The number of ether oxygens (including phenoxy) is 2. The van der Waals surface area contributed by atoms with Crippen molar-refractivity contribution in [2.75, 3.05) is 12.1 Å². The molecule has 2 heterocycles. The lowest BCUT2D eigenvalue weighted by Gasteiger charge is -2.16. The quantitative estimate of drug-likeness (QED) is 0.622. The maximum Gasteiger partial charge on any atom is 0.236 e. The second-order valence-corrected chi connectivity index (χ2v) is 8.12. The average molecular weight is 429 g/mol. The molecule has 0 spiro atoms. The lowest BCUT2D eigenvalue weighted by atomic mass is 9.94. The van der Waals surface area contributed by atoms with Gasteiger partial charge in [-0.3, -0.25) is 9.59 Å². The van der Waals surface area contributed by atoms with Crippen molar-refractivity contribution in [3.05, 3.63) is 71.8 Å². The van der Waals surface area contributed by atoms with Gasteiger partial charge in [-0.05, 0) is 48.2 Å². The Morgan fingerprint density at radius 2 is 1.78 bits per heavy atom. The van der Waals surface area contributed by atoms with Crippen LogP contribution in [-0.4, -0.2) is 23.6 Å². The van der Waals surface area contributed by atoms with E-state index in [9.17, 15) is 9.59 Å². The molecule has 0 saturated heterocycles. The second kappa shape index (κ2) is 8.00. The number of hydrogen-bond donors (Lipinski definition) is 2. The number of fused-ring (bicyclic) bond motifs is 1. The van der Waals surface area contributed by atoms with Crippen molar-refractivity contribution in [2.24, 2.45) is 0 Å². The summed E-state index contributed by atoms with van der Waals surface area (Å²) in [7, 11) is 0. The van der Waals surface area contributed by atoms with Gasteiger partial charge in [0.15, 0.2) is 11.5 Å². The van der Waals surface area contributed by atoms with Gasteiger partial charge in [-0.1, -0.05) is 36.4 Å². The zero-order valence-electron chi connectivity index (χ0n) is 17.7. The summed E-state index contributed by atoms with van der Waals surface area (Å²) >= 11 is 0. The molecular formula is C25H23N3O4. The molecule has 5 rings (SSSR count). The number of rotatable bonds is 6. The van der Waals surface area contributed by atoms with Gasteiger partial charge >= 0.3 is 0 Å². The van der Waals surface area contributed by atoms with E-state index >= 15 is 0 Å². The largest absolute Gasteiger partial charge is 0.454 e. The van der Waals surface area contributed by atoms with E-state index < -0.39 is 5.41 Å². The van der Waals surface area contributed by atoms with Gasteiger partial charge in [0, 0.05) is 19.0 Å². The minimum Gasteiger partial charge on any atom is -0.454 e. The number of nitrogens with one attached hydrogen (secondary N) is 2. The van der Waals surface area contributed by atoms with Gasteiger partial charge in [0.25, 0.3) is 0 Å². The standard InChI is InChI=1S/C25H23N3O4/c1-16(29)26-14-17-5-7-18(8-6-17)20-3-2-4-23(27-20)28-24(30)25(11-12-25)19-9-10-21-22(13-19)32-15-31-21/h2-10,13H,11-12,14-15H2,1H3,(H,26,29)(H,27,28,30). The van der Waals surface area contributed by atoms with Crippen LogP contribution in [-0.2, 0) is 21.5 Å². The summed E-state index contributed by atoms with van der Waals surface area (Å²) in [4.78, 5) is 28.9. The van der Waals surface area contributed by atoms with Crippen molar-refractivity contribution < 1.29 is 19.1 Å². The minimum absolute atomic E-state index is 0.0617. The Balaban J connectivity index is 1.31. The first-order valence-corrected chi connectivity index (χ1v) is 10.6. The van der Waals surface area contributed by atoms with E-state index in [-0.39, 0.29) is 18.6 Å². The topological polar surface area (TPSA) is 89.6 Å². The van der Waals surface area contributed by atoms with Crippen LogP contribution in [0.4, 0.5) is 5.82 Å². The maximum atomic E-state index is 13.2. The molecule has 2 aromatic carbocycles. The van der Waals surface area contributed by atoms with E-state index in [0.717, 1.165) is 35.2 Å². The Kier molecular flexibility index (Phi) is 5.01. The van der Waals surface area contributed by atoms with Crippen molar-refractivity contribution >= 4 is 17.6 Å². The Hall–Kier alpha value is -3.87. The highest BCUT2D eigenvalue weighted by Gasteiger charge is 2.51. The summed E-state index contributed by atoms with van der Waals surface area (Å²) < 4.78 is 10.9. The highest BCUT2D eigenvalue weighted by atomic mass is 16.7. The molecule has 3 aromatic rings. The molecule has 2 N–H and O–H groups in total. The monoisotopic (exact) mass is 429 g/mol. The van der Waals surface area contributed by atoms with Gasteiger partial charge in [-0.25, -0.2) is 4.98 Å². The summed E-state index contributed by atoms with van der Waals surface area (Å²) in [6.45, 7) is 2.19. The van der Waals surface area contributed by atoms with Crippen LogP contribution < -0.4 is 20.1 Å². The summed E-state index contributed by atoms with van der Waals surface area (Å²) in [6.07, 6.45) is 1.57. The van der Waals surface area contributed by atoms with Crippen LogP contribution in [0.2, 0.25) is 0 Å². The fraction of sp³-hybridized carbons (Fsp3) is 0.240. The summed E-state index contributed by atoms with van der Waals surface area (Å²) in [5, 5.41) is 5.78. The van der Waals surface area contributed by atoms with Crippen molar-refractivity contribution in [3.63, 3.8) is 0 Å². The third kappa shape index (κ3) is 3.89. The summed E-state index contributed by atoms with van der Waals surface area (Å²) in [5.74, 6) is 1.79. The lowest BCUT2D eigenvalue weighted by molar-refractivity contribution is -0.119. The van der Waals surface area contributed by atoms with Gasteiger partial charge in [0.1, 0.15) is 5.82 Å². The first-order valence-electron chi connectivity index (χ1n) is 10.6. The molecule has 1 saturated carbocycles. The van der Waals surface area contributed by atoms with E-state index in [1.165, 1.54) is 6.92 Å². The van der Waals surface area contributed by atoms with Gasteiger partial charge in [0.2, 0.25) is 18.6 Å². The highest BCUT2D eigenvalue weighted by Crippen LogP contribution is 2.51. The molecule has 1 fully saturated rings. The molecule has 1 aliphatic heterocycles. The second-order valence-electron chi connectivity index (χ2n) is 8.12. The van der Waals surface area contributed by atoms with Crippen LogP contribution in [0.5, 0.6) is 11.5 Å². The molecular weight excluding hydrogens is 406 g/mol. The number of nitrogens with zero attached hydrogens (tertiary/aromatic N) is 1. The fourth-order valence-corrected chi connectivity index (χ4v) is 3.89. The average Bonchev–Trinajstić information content (AvgIpc) is 3.49. The van der Waals surface area contributed by atoms with Gasteiger partial charge in [-0.2, -0.15) is 0 Å². The van der Waals surface area contributed by atoms with E-state index in [1.54, 1.807) is 6.07 Å². The SMILES string of the molecule is CC(=O)NCc1ccc(-c2cccc(NC(=O)C3(c4ccc5c(c4)OCO5)CC3)n2)cc1. The van der Waals surface area contributed by atoms with Crippen LogP contribution in [0.15, 0.2) is 60.7 Å². The lowest BCUT2D eigenvalue weighted by Crippen LogP contribution is -2.28. The first kappa shape index (κ1) is 20.1. The van der Waals surface area contributed by atoms with Crippen LogP contribution in [0.1, 0.15) is 30.9 Å². The molecule has 1 aliphatic carbocycles. The molecule has 0 atom stereocenters. The van der Waals surface area contributed by atoms with Crippen LogP contribution in [0.3, 0.4) is 0 Å². The third-order valence-electron chi connectivity index (χ3n) is 5.89. The Morgan fingerprint density at radius 3 is 2.53 bits per heavy atom. The number of pyridine rings is 1. The van der Waals surface area contributed by atoms with Crippen molar-refractivity contribution in [3.8, 4) is 22.8 Å². The Bertz CT molecular complexity index is 1190. The van der Waals surface area contributed by atoms with Gasteiger partial charge in [0.05, 0.1) is 11.1 Å². The molecule has 0 radical (unpaired) electrons. The number of anilines is 1. The fourth-order valence-electron chi connectivity index (χ4n) is 3.89. The third-order valence-corrected chi connectivity index (χ3v) is 5.89. The predicted octanol–water partition coefficient (Wildman–Crippen LogP) is 3.78. The van der Waals surface area contributed by atoms with E-state index in [0.29, 0.717) is 23.9 Å². The molecule has 2 aliphatic rings. The summed E-state index contributed by atoms with van der Waals surface area (Å²) in [5.41, 5.74) is 3.09. The Labute approximate surface area is 185 Å². The van der Waals surface area contributed by atoms with Gasteiger partial charge in [-0.15, -0.1) is 0 Å². The van der Waals surface area contributed by atoms with Gasteiger partial charge < -0.3 is 20.1 Å². The molecule has 32 heavy (non-hydrogen) atoms. The molecule has 7 nitrogen and oxygen atoms in total. The zero-order valence-corrected chi connectivity index (χ0v) is 17.7. The van der Waals surface area contributed by atoms with Crippen molar-refractivity contribution in [1.82, 2.24) is 10.3 Å². The van der Waals surface area contributed by atoms with Crippen molar-refractivity contribution in [1.29, 1.82) is 0 Å². The zero-order chi connectivity index (χ0) is 22.1. The molecule has 0 unspecified atom stereocenters. The number of hydrogen-bond acceptors (Lipinski definition) is 5. The number of carbonyl (C=O) groups is 2.